The molecule has 0 aliphatic heterocycles. The standard InChI is InChI=1S/C13H12Br2O/c1-3-4-13(16)7-8(2)10-5-9(14)6-11(15)12(10)13/h3,5-6,16H,1-2,4,7H2. The molecule has 2 rings (SSSR count). The molecule has 3 heteroatoms. The van der Waals surface area contributed by atoms with Crippen molar-refractivity contribution in [2.45, 2.75) is 18.4 Å². The number of hydrogen-bond acceptors (Lipinski definition) is 1. The topological polar surface area (TPSA) is 20.2 Å². The molecule has 1 aromatic rings. The summed E-state index contributed by atoms with van der Waals surface area (Å²) in [5.41, 5.74) is 2.08. The summed E-state index contributed by atoms with van der Waals surface area (Å²) in [4.78, 5) is 0. The van der Waals surface area contributed by atoms with E-state index in [4.69, 9.17) is 0 Å². The molecule has 1 aromatic carbocycles. The lowest BCUT2D eigenvalue weighted by atomic mass is 9.92. The van der Waals surface area contributed by atoms with Gasteiger partial charge in [0.1, 0.15) is 0 Å². The molecule has 0 spiro atoms. The van der Waals surface area contributed by atoms with E-state index in [0.717, 1.165) is 25.6 Å². The summed E-state index contributed by atoms with van der Waals surface area (Å²) < 4.78 is 1.90. The summed E-state index contributed by atoms with van der Waals surface area (Å²) in [5.74, 6) is 0. The van der Waals surface area contributed by atoms with E-state index >= 15 is 0 Å². The van der Waals surface area contributed by atoms with Crippen molar-refractivity contribution in [3.05, 3.63) is 51.4 Å². The molecule has 1 atom stereocenters. The number of aliphatic hydroxyl groups is 1. The summed E-state index contributed by atoms with van der Waals surface area (Å²) in [7, 11) is 0. The molecule has 0 fully saturated rings. The van der Waals surface area contributed by atoms with Crippen LogP contribution < -0.4 is 0 Å². The lowest BCUT2D eigenvalue weighted by molar-refractivity contribution is 0.0506. The highest BCUT2D eigenvalue weighted by molar-refractivity contribution is 9.11. The summed E-state index contributed by atoms with van der Waals surface area (Å²) in [6.45, 7) is 7.72. The van der Waals surface area contributed by atoms with Gasteiger partial charge < -0.3 is 5.11 Å². The molecule has 1 nitrogen and oxygen atoms in total. The highest BCUT2D eigenvalue weighted by Crippen LogP contribution is 2.49. The monoisotopic (exact) mass is 342 g/mol. The van der Waals surface area contributed by atoms with Gasteiger partial charge in [0.25, 0.3) is 0 Å². The summed E-state index contributed by atoms with van der Waals surface area (Å²) in [6.07, 6.45) is 2.86. The third-order valence-corrected chi connectivity index (χ3v) is 3.97. The van der Waals surface area contributed by atoms with Gasteiger partial charge in [-0.1, -0.05) is 44.5 Å². The Morgan fingerprint density at radius 3 is 2.75 bits per heavy atom. The van der Waals surface area contributed by atoms with Crippen LogP contribution >= 0.6 is 31.9 Å². The Labute approximate surface area is 112 Å². The van der Waals surface area contributed by atoms with Gasteiger partial charge in [-0.25, -0.2) is 0 Å². The number of hydrogen-bond donors (Lipinski definition) is 1. The SMILES string of the molecule is C=CCC1(O)CC(=C)c2cc(Br)cc(Br)c21. The number of halogens is 2. The largest absolute Gasteiger partial charge is 0.384 e. The molecular weight excluding hydrogens is 332 g/mol. The average Bonchev–Trinajstić information content (AvgIpc) is 2.38. The van der Waals surface area contributed by atoms with Crippen molar-refractivity contribution in [3.63, 3.8) is 0 Å². The second-order valence-electron chi connectivity index (χ2n) is 4.11. The van der Waals surface area contributed by atoms with E-state index in [2.05, 4.69) is 45.0 Å². The first-order valence-electron chi connectivity index (χ1n) is 4.99. The van der Waals surface area contributed by atoms with Crippen molar-refractivity contribution in [2.24, 2.45) is 0 Å². The molecule has 1 N–H and O–H groups in total. The van der Waals surface area contributed by atoms with E-state index in [1.165, 1.54) is 0 Å². The van der Waals surface area contributed by atoms with Gasteiger partial charge in [-0.15, -0.1) is 6.58 Å². The maximum Gasteiger partial charge on any atom is 0.0987 e. The molecule has 16 heavy (non-hydrogen) atoms. The van der Waals surface area contributed by atoms with Crippen LogP contribution in [0.3, 0.4) is 0 Å². The van der Waals surface area contributed by atoms with Crippen molar-refractivity contribution < 1.29 is 5.11 Å². The Kier molecular flexibility index (Phi) is 3.12. The van der Waals surface area contributed by atoms with Crippen molar-refractivity contribution in [3.8, 4) is 0 Å². The number of benzene rings is 1. The van der Waals surface area contributed by atoms with Gasteiger partial charge in [0.15, 0.2) is 0 Å². The zero-order valence-corrected chi connectivity index (χ0v) is 11.9. The number of fused-ring (bicyclic) bond motifs is 1. The Morgan fingerprint density at radius 2 is 2.12 bits per heavy atom. The van der Waals surface area contributed by atoms with Crippen molar-refractivity contribution in [1.82, 2.24) is 0 Å². The molecular formula is C13H12Br2O. The predicted molar refractivity (Wildman–Crippen MR) is 74.2 cm³/mol. The quantitative estimate of drug-likeness (QED) is 0.789. The van der Waals surface area contributed by atoms with Crippen LogP contribution in [0.2, 0.25) is 0 Å². The van der Waals surface area contributed by atoms with Crippen molar-refractivity contribution in [2.75, 3.05) is 0 Å². The summed E-state index contributed by atoms with van der Waals surface area (Å²) in [6, 6.07) is 3.95. The fraction of sp³-hybridized carbons (Fsp3) is 0.231. The molecule has 84 valence electrons. The second kappa shape index (κ2) is 4.13. The predicted octanol–water partition coefficient (Wildman–Crippen LogP) is 4.39. The van der Waals surface area contributed by atoms with E-state index in [1.807, 2.05) is 12.1 Å². The van der Waals surface area contributed by atoms with E-state index in [1.54, 1.807) is 6.08 Å². The average molecular weight is 344 g/mol. The van der Waals surface area contributed by atoms with Crippen LogP contribution in [-0.2, 0) is 5.60 Å². The van der Waals surface area contributed by atoms with Crippen LogP contribution in [0.4, 0.5) is 0 Å². The first kappa shape index (κ1) is 12.1. The fourth-order valence-electron chi connectivity index (χ4n) is 2.28. The zero-order chi connectivity index (χ0) is 11.9. The summed E-state index contributed by atoms with van der Waals surface area (Å²) in [5, 5.41) is 10.6. The first-order chi connectivity index (χ1) is 7.48. The van der Waals surface area contributed by atoms with Crippen LogP contribution in [0.5, 0.6) is 0 Å². The van der Waals surface area contributed by atoms with Gasteiger partial charge in [0.05, 0.1) is 5.60 Å². The third kappa shape index (κ3) is 1.81. The third-order valence-electron chi connectivity index (χ3n) is 2.89. The first-order valence-corrected chi connectivity index (χ1v) is 6.57. The normalized spacial score (nSPS) is 23.3. The molecule has 0 aromatic heterocycles. The Balaban J connectivity index is 2.65. The van der Waals surface area contributed by atoms with E-state index in [9.17, 15) is 5.11 Å². The minimum atomic E-state index is -0.853. The van der Waals surface area contributed by atoms with Gasteiger partial charge in [-0.2, -0.15) is 0 Å². The lowest BCUT2D eigenvalue weighted by Crippen LogP contribution is -2.21. The fourth-order valence-corrected chi connectivity index (χ4v) is 3.87. The molecule has 0 bridgehead atoms. The molecule has 0 radical (unpaired) electrons. The minimum absolute atomic E-state index is 0.541. The Bertz CT molecular complexity index is 479. The summed E-state index contributed by atoms with van der Waals surface area (Å²) >= 11 is 6.95. The van der Waals surface area contributed by atoms with E-state index < -0.39 is 5.60 Å². The molecule has 0 saturated heterocycles. The molecule has 1 unspecified atom stereocenters. The van der Waals surface area contributed by atoms with Crippen LogP contribution in [0.15, 0.2) is 40.3 Å². The maximum absolute atomic E-state index is 10.6. The zero-order valence-electron chi connectivity index (χ0n) is 8.76. The Morgan fingerprint density at radius 1 is 1.44 bits per heavy atom. The Hall–Kier alpha value is -0.380. The van der Waals surface area contributed by atoms with Gasteiger partial charge in [-0.05, 0) is 29.7 Å². The van der Waals surface area contributed by atoms with E-state index in [0.29, 0.717) is 12.8 Å². The molecule has 1 aliphatic rings. The van der Waals surface area contributed by atoms with Crippen molar-refractivity contribution in [1.29, 1.82) is 0 Å². The van der Waals surface area contributed by atoms with Crippen molar-refractivity contribution >= 4 is 37.4 Å². The van der Waals surface area contributed by atoms with Crippen LogP contribution in [0, 0.1) is 0 Å². The molecule has 1 aliphatic carbocycles. The number of rotatable bonds is 2. The highest BCUT2D eigenvalue weighted by atomic mass is 79.9. The lowest BCUT2D eigenvalue weighted by Gasteiger charge is -2.23. The molecule has 0 saturated carbocycles. The van der Waals surface area contributed by atoms with Crippen LogP contribution in [0.1, 0.15) is 24.0 Å². The van der Waals surface area contributed by atoms with Gasteiger partial charge >= 0.3 is 0 Å². The van der Waals surface area contributed by atoms with Crippen LogP contribution in [0.25, 0.3) is 5.57 Å². The van der Waals surface area contributed by atoms with Gasteiger partial charge in [0.2, 0.25) is 0 Å². The van der Waals surface area contributed by atoms with E-state index in [-0.39, 0.29) is 0 Å². The maximum atomic E-state index is 10.6. The highest BCUT2D eigenvalue weighted by Gasteiger charge is 2.39. The molecule has 0 heterocycles. The second-order valence-corrected chi connectivity index (χ2v) is 5.88. The van der Waals surface area contributed by atoms with Crippen LogP contribution in [-0.4, -0.2) is 5.11 Å². The molecule has 0 amide bonds. The van der Waals surface area contributed by atoms with Gasteiger partial charge in [-0.3, -0.25) is 0 Å². The smallest absolute Gasteiger partial charge is 0.0987 e. The minimum Gasteiger partial charge on any atom is -0.384 e. The van der Waals surface area contributed by atoms with Gasteiger partial charge in [0, 0.05) is 20.9 Å².